The third-order valence-electron chi connectivity index (χ3n) is 1.92. The molecule has 0 radical (unpaired) electrons. The summed E-state index contributed by atoms with van der Waals surface area (Å²) < 4.78 is 11.8. The number of hydrogen-bond acceptors (Lipinski definition) is 2. The number of aliphatic carboxylic acids is 1. The smallest absolute Gasteiger partial charge is 0.326 e. The van der Waals surface area contributed by atoms with E-state index >= 15 is 0 Å². The van der Waals surface area contributed by atoms with Crippen LogP contribution in [0.25, 0.3) is 0 Å². The predicted molar refractivity (Wildman–Crippen MR) is 45.0 cm³/mol. The number of hydrogen-bond donors (Lipinski definition) is 2. The van der Waals surface area contributed by atoms with Gasteiger partial charge < -0.3 is 10.4 Å². The summed E-state index contributed by atoms with van der Waals surface area (Å²) >= 11 is 0. The maximum absolute atomic E-state index is 11.8. The van der Waals surface area contributed by atoms with Gasteiger partial charge in [-0.25, -0.2) is 9.18 Å². The Bertz CT molecular complexity index is 196. The van der Waals surface area contributed by atoms with E-state index in [1.807, 2.05) is 6.92 Å². The number of amides is 1. The molecule has 0 fully saturated rings. The third kappa shape index (κ3) is 3.87. The van der Waals surface area contributed by atoms with Gasteiger partial charge in [0.15, 0.2) is 6.67 Å². The van der Waals surface area contributed by atoms with Gasteiger partial charge in [-0.3, -0.25) is 4.79 Å². The monoisotopic (exact) mass is 191 g/mol. The lowest BCUT2D eigenvalue weighted by Gasteiger charge is -2.19. The van der Waals surface area contributed by atoms with E-state index in [0.29, 0.717) is 6.42 Å². The highest BCUT2D eigenvalue weighted by Crippen LogP contribution is 2.07. The SMILES string of the molecule is CC[C@H](C)[C@H](NC(=O)CF)C(=O)O. The van der Waals surface area contributed by atoms with Crippen molar-refractivity contribution >= 4 is 11.9 Å². The van der Waals surface area contributed by atoms with Crippen LogP contribution in [-0.2, 0) is 9.59 Å². The van der Waals surface area contributed by atoms with Crippen molar-refractivity contribution < 1.29 is 19.1 Å². The van der Waals surface area contributed by atoms with Gasteiger partial charge in [-0.15, -0.1) is 0 Å². The Labute approximate surface area is 76.1 Å². The highest BCUT2D eigenvalue weighted by molar-refractivity contribution is 5.84. The van der Waals surface area contributed by atoms with Gasteiger partial charge in [0.05, 0.1) is 0 Å². The molecule has 0 unspecified atom stereocenters. The van der Waals surface area contributed by atoms with Crippen LogP contribution in [-0.4, -0.2) is 29.7 Å². The van der Waals surface area contributed by atoms with Crippen LogP contribution in [0.15, 0.2) is 0 Å². The van der Waals surface area contributed by atoms with Crippen LogP contribution in [0.5, 0.6) is 0 Å². The van der Waals surface area contributed by atoms with Crippen molar-refractivity contribution in [3.63, 3.8) is 0 Å². The minimum absolute atomic E-state index is 0.201. The Morgan fingerprint density at radius 3 is 2.38 bits per heavy atom. The van der Waals surface area contributed by atoms with E-state index in [1.54, 1.807) is 6.92 Å². The standard InChI is InChI=1S/C8H14FNO3/c1-3-5(2)7(8(12)13)10-6(11)4-9/h5,7H,3-4H2,1-2H3,(H,10,11)(H,12,13)/t5-,7-/m0/s1. The number of carboxylic acids is 1. The largest absolute Gasteiger partial charge is 0.480 e. The van der Waals surface area contributed by atoms with Gasteiger partial charge in [0, 0.05) is 0 Å². The van der Waals surface area contributed by atoms with Crippen molar-refractivity contribution in [2.45, 2.75) is 26.3 Å². The number of carboxylic acid groups (broad SMARTS) is 1. The first-order valence-electron chi connectivity index (χ1n) is 4.11. The number of nitrogens with one attached hydrogen (secondary N) is 1. The van der Waals surface area contributed by atoms with Crippen molar-refractivity contribution in [3.8, 4) is 0 Å². The minimum atomic E-state index is -1.18. The molecule has 0 saturated heterocycles. The fourth-order valence-electron chi connectivity index (χ4n) is 0.895. The fourth-order valence-corrected chi connectivity index (χ4v) is 0.895. The lowest BCUT2D eigenvalue weighted by atomic mass is 9.99. The molecule has 0 heterocycles. The van der Waals surface area contributed by atoms with E-state index in [9.17, 15) is 14.0 Å². The Morgan fingerprint density at radius 2 is 2.08 bits per heavy atom. The lowest BCUT2D eigenvalue weighted by molar-refractivity contribution is -0.143. The van der Waals surface area contributed by atoms with Crippen molar-refractivity contribution in [1.82, 2.24) is 5.32 Å². The predicted octanol–water partition coefficient (Wildman–Crippen LogP) is 0.571. The van der Waals surface area contributed by atoms with Gasteiger partial charge >= 0.3 is 5.97 Å². The van der Waals surface area contributed by atoms with E-state index in [-0.39, 0.29) is 5.92 Å². The Morgan fingerprint density at radius 1 is 1.54 bits per heavy atom. The Kier molecular flexibility index (Phi) is 5.03. The van der Waals surface area contributed by atoms with Gasteiger partial charge in [0.25, 0.3) is 5.91 Å². The number of carbonyl (C=O) groups excluding carboxylic acids is 1. The van der Waals surface area contributed by atoms with Gasteiger partial charge in [-0.2, -0.15) is 0 Å². The highest BCUT2D eigenvalue weighted by atomic mass is 19.1. The molecule has 76 valence electrons. The summed E-state index contributed by atoms with van der Waals surface area (Å²) in [6.45, 7) is 2.32. The molecule has 0 spiro atoms. The van der Waals surface area contributed by atoms with Gasteiger partial charge in [0.1, 0.15) is 6.04 Å². The molecule has 0 aromatic rings. The van der Waals surface area contributed by atoms with Gasteiger partial charge in [0.2, 0.25) is 0 Å². The molecule has 5 heteroatoms. The topological polar surface area (TPSA) is 66.4 Å². The lowest BCUT2D eigenvalue weighted by Crippen LogP contribution is -2.45. The number of halogens is 1. The zero-order chi connectivity index (χ0) is 10.4. The van der Waals surface area contributed by atoms with Crippen molar-refractivity contribution in [3.05, 3.63) is 0 Å². The van der Waals surface area contributed by atoms with Crippen LogP contribution in [0.1, 0.15) is 20.3 Å². The number of carbonyl (C=O) groups is 2. The van der Waals surface area contributed by atoms with Crippen LogP contribution < -0.4 is 5.32 Å². The van der Waals surface area contributed by atoms with Crippen molar-refractivity contribution in [2.24, 2.45) is 5.92 Å². The van der Waals surface area contributed by atoms with Crippen LogP contribution in [0.2, 0.25) is 0 Å². The molecule has 4 nitrogen and oxygen atoms in total. The maximum Gasteiger partial charge on any atom is 0.326 e. The molecule has 2 N–H and O–H groups in total. The summed E-state index contributed by atoms with van der Waals surface area (Å²) in [7, 11) is 0. The maximum atomic E-state index is 11.8. The molecule has 0 aromatic heterocycles. The molecule has 13 heavy (non-hydrogen) atoms. The van der Waals surface area contributed by atoms with E-state index in [4.69, 9.17) is 5.11 Å². The molecule has 0 aliphatic carbocycles. The van der Waals surface area contributed by atoms with Gasteiger partial charge in [-0.05, 0) is 5.92 Å². The molecule has 0 rings (SSSR count). The Balaban J connectivity index is 4.26. The zero-order valence-corrected chi connectivity index (χ0v) is 7.71. The third-order valence-corrected chi connectivity index (χ3v) is 1.92. The summed E-state index contributed by atoms with van der Waals surface area (Å²) in [5, 5.41) is 10.8. The summed E-state index contributed by atoms with van der Waals surface area (Å²) in [6.07, 6.45) is 0.615. The molecule has 0 aliphatic rings. The minimum Gasteiger partial charge on any atom is -0.480 e. The fraction of sp³-hybridized carbons (Fsp3) is 0.750. The van der Waals surface area contributed by atoms with E-state index in [2.05, 4.69) is 5.32 Å². The molecule has 2 atom stereocenters. The second-order valence-corrected chi connectivity index (χ2v) is 2.90. The summed E-state index contributed by atoms with van der Waals surface area (Å²) in [4.78, 5) is 21.2. The van der Waals surface area contributed by atoms with Crippen LogP contribution in [0, 0.1) is 5.92 Å². The molecular weight excluding hydrogens is 177 g/mol. The summed E-state index contributed by atoms with van der Waals surface area (Å²) in [6, 6.07) is -0.992. The van der Waals surface area contributed by atoms with E-state index in [0.717, 1.165) is 0 Å². The second-order valence-electron chi connectivity index (χ2n) is 2.90. The average Bonchev–Trinajstić information content (AvgIpc) is 2.11. The first kappa shape index (κ1) is 11.9. The van der Waals surface area contributed by atoms with Gasteiger partial charge in [-0.1, -0.05) is 20.3 Å². The number of alkyl halides is 1. The van der Waals surface area contributed by atoms with Crippen LogP contribution in [0.3, 0.4) is 0 Å². The second kappa shape index (κ2) is 5.50. The molecular formula is C8H14FNO3. The highest BCUT2D eigenvalue weighted by Gasteiger charge is 2.24. The Hall–Kier alpha value is -1.13. The first-order chi connectivity index (χ1) is 6.02. The summed E-state index contributed by atoms with van der Waals surface area (Å²) in [5.41, 5.74) is 0. The molecule has 0 aliphatic heterocycles. The van der Waals surface area contributed by atoms with Crippen LogP contribution in [0.4, 0.5) is 4.39 Å². The molecule has 0 aromatic carbocycles. The summed E-state index contributed by atoms with van der Waals surface area (Å²) in [5.74, 6) is -2.21. The number of rotatable bonds is 5. The van der Waals surface area contributed by atoms with Crippen molar-refractivity contribution in [2.75, 3.05) is 6.67 Å². The average molecular weight is 191 g/mol. The molecule has 0 bridgehead atoms. The zero-order valence-electron chi connectivity index (χ0n) is 7.71. The molecule has 1 amide bonds. The first-order valence-corrected chi connectivity index (χ1v) is 4.11. The quantitative estimate of drug-likeness (QED) is 0.667. The molecule has 0 saturated carbocycles. The normalized spacial score (nSPS) is 14.7. The van der Waals surface area contributed by atoms with E-state index in [1.165, 1.54) is 0 Å². The van der Waals surface area contributed by atoms with Crippen LogP contribution >= 0.6 is 0 Å². The van der Waals surface area contributed by atoms with Crippen molar-refractivity contribution in [1.29, 1.82) is 0 Å². The van der Waals surface area contributed by atoms with E-state index < -0.39 is 24.6 Å².